The van der Waals surface area contributed by atoms with Gasteiger partial charge in [0.2, 0.25) is 5.91 Å². The molecule has 0 spiro atoms. The van der Waals surface area contributed by atoms with Crippen LogP contribution in [0, 0.1) is 0 Å². The number of thioether (sulfide) groups is 1. The van der Waals surface area contributed by atoms with E-state index in [0.29, 0.717) is 5.13 Å². The second-order valence-corrected chi connectivity index (χ2v) is 9.49. The molecule has 1 atom stereocenters. The van der Waals surface area contributed by atoms with Crippen LogP contribution in [0.2, 0.25) is 0 Å². The van der Waals surface area contributed by atoms with Crippen molar-refractivity contribution in [3.05, 3.63) is 102 Å². The maximum atomic E-state index is 13.4. The number of fused-ring (bicyclic) bond motifs is 1. The SMILES string of the molecule is COc1ccc(-c2csc(NC(=O)C(Sc3ccc4ccccc4n3)c3ccccc3)n2)cc1. The third-order valence-corrected chi connectivity index (χ3v) is 7.22. The van der Waals surface area contributed by atoms with Crippen molar-refractivity contribution in [3.8, 4) is 17.0 Å². The van der Waals surface area contributed by atoms with Crippen LogP contribution in [0.4, 0.5) is 5.13 Å². The second-order valence-electron chi connectivity index (χ2n) is 7.51. The Morgan fingerprint density at radius 1 is 0.912 bits per heavy atom. The van der Waals surface area contributed by atoms with Crippen molar-refractivity contribution in [2.45, 2.75) is 10.3 Å². The molecule has 0 fully saturated rings. The summed E-state index contributed by atoms with van der Waals surface area (Å²) in [6.07, 6.45) is 0. The normalized spacial score (nSPS) is 11.8. The molecule has 2 heterocycles. The van der Waals surface area contributed by atoms with Gasteiger partial charge in [-0.1, -0.05) is 66.4 Å². The minimum atomic E-state index is -0.469. The average molecular weight is 484 g/mol. The van der Waals surface area contributed by atoms with E-state index in [2.05, 4.69) is 10.3 Å². The van der Waals surface area contributed by atoms with Crippen LogP contribution >= 0.6 is 23.1 Å². The summed E-state index contributed by atoms with van der Waals surface area (Å²) in [5.41, 5.74) is 3.59. The van der Waals surface area contributed by atoms with Gasteiger partial charge in [-0.2, -0.15) is 0 Å². The molecule has 0 saturated heterocycles. The van der Waals surface area contributed by atoms with Crippen LogP contribution in [-0.4, -0.2) is 23.0 Å². The van der Waals surface area contributed by atoms with Crippen molar-refractivity contribution in [2.24, 2.45) is 0 Å². The highest BCUT2D eigenvalue weighted by molar-refractivity contribution is 8.00. The zero-order valence-corrected chi connectivity index (χ0v) is 20.0. The molecule has 5 nitrogen and oxygen atoms in total. The van der Waals surface area contributed by atoms with Gasteiger partial charge in [-0.3, -0.25) is 4.79 Å². The van der Waals surface area contributed by atoms with Crippen LogP contribution in [-0.2, 0) is 4.79 Å². The third kappa shape index (κ3) is 4.95. The fourth-order valence-corrected chi connectivity index (χ4v) is 5.25. The minimum Gasteiger partial charge on any atom is -0.497 e. The first kappa shape index (κ1) is 22.1. The van der Waals surface area contributed by atoms with Crippen molar-refractivity contribution < 1.29 is 9.53 Å². The summed E-state index contributed by atoms with van der Waals surface area (Å²) in [4.78, 5) is 22.8. The first-order valence-electron chi connectivity index (χ1n) is 10.7. The van der Waals surface area contributed by atoms with Gasteiger partial charge in [0, 0.05) is 16.3 Å². The zero-order valence-electron chi connectivity index (χ0n) is 18.3. The maximum Gasteiger partial charge on any atom is 0.244 e. The standard InChI is InChI=1S/C27H21N3O2S2/c1-32-21-14-11-19(12-15-21)23-17-33-27(29-23)30-26(31)25(20-8-3-2-4-9-20)34-24-16-13-18-7-5-6-10-22(18)28-24/h2-17,25H,1H3,(H,29,30,31). The quantitative estimate of drug-likeness (QED) is 0.257. The number of rotatable bonds is 7. The Kier molecular flexibility index (Phi) is 6.56. The van der Waals surface area contributed by atoms with Crippen LogP contribution in [0.25, 0.3) is 22.2 Å². The predicted octanol–water partition coefficient (Wildman–Crippen LogP) is 6.84. The number of ether oxygens (including phenoxy) is 1. The number of nitrogens with zero attached hydrogens (tertiary/aromatic N) is 2. The number of pyridine rings is 1. The number of hydrogen-bond acceptors (Lipinski definition) is 6. The molecule has 34 heavy (non-hydrogen) atoms. The molecule has 1 N–H and O–H groups in total. The summed E-state index contributed by atoms with van der Waals surface area (Å²) >= 11 is 2.84. The number of carbonyl (C=O) groups is 1. The van der Waals surface area contributed by atoms with Gasteiger partial charge in [0.25, 0.3) is 0 Å². The van der Waals surface area contributed by atoms with Crippen LogP contribution in [0.3, 0.4) is 0 Å². The first-order chi connectivity index (χ1) is 16.7. The van der Waals surface area contributed by atoms with E-state index in [1.165, 1.54) is 23.1 Å². The molecular formula is C27H21N3O2S2. The summed E-state index contributed by atoms with van der Waals surface area (Å²) in [5, 5.41) is 6.90. The van der Waals surface area contributed by atoms with E-state index in [-0.39, 0.29) is 5.91 Å². The Balaban J connectivity index is 1.38. The summed E-state index contributed by atoms with van der Waals surface area (Å²) < 4.78 is 5.22. The Hall–Kier alpha value is -3.68. The number of anilines is 1. The van der Waals surface area contributed by atoms with Crippen molar-refractivity contribution in [1.82, 2.24) is 9.97 Å². The molecule has 3 aromatic carbocycles. The Morgan fingerprint density at radius 2 is 1.68 bits per heavy atom. The molecule has 1 amide bonds. The van der Waals surface area contributed by atoms with Gasteiger partial charge < -0.3 is 10.1 Å². The van der Waals surface area contributed by atoms with E-state index in [1.54, 1.807) is 7.11 Å². The fourth-order valence-electron chi connectivity index (χ4n) is 3.53. The number of nitrogens with one attached hydrogen (secondary N) is 1. The van der Waals surface area contributed by atoms with Gasteiger partial charge in [-0.15, -0.1) is 11.3 Å². The second kappa shape index (κ2) is 10.1. The van der Waals surface area contributed by atoms with E-state index in [1.807, 2.05) is 96.4 Å². The Labute approximate surface area is 205 Å². The lowest BCUT2D eigenvalue weighted by molar-refractivity contribution is -0.115. The van der Waals surface area contributed by atoms with Crippen LogP contribution in [0.1, 0.15) is 10.8 Å². The molecule has 2 aromatic heterocycles. The number of hydrogen-bond donors (Lipinski definition) is 1. The van der Waals surface area contributed by atoms with E-state index >= 15 is 0 Å². The van der Waals surface area contributed by atoms with Crippen molar-refractivity contribution in [1.29, 1.82) is 0 Å². The molecule has 0 radical (unpaired) electrons. The van der Waals surface area contributed by atoms with Crippen LogP contribution < -0.4 is 10.1 Å². The minimum absolute atomic E-state index is 0.137. The van der Waals surface area contributed by atoms with Crippen molar-refractivity contribution in [3.63, 3.8) is 0 Å². The van der Waals surface area contributed by atoms with Gasteiger partial charge in [-0.05, 0) is 42.0 Å². The van der Waals surface area contributed by atoms with Crippen LogP contribution in [0.5, 0.6) is 5.75 Å². The number of benzene rings is 3. The number of methoxy groups -OCH3 is 1. The molecule has 7 heteroatoms. The third-order valence-electron chi connectivity index (χ3n) is 5.27. The van der Waals surface area contributed by atoms with E-state index in [4.69, 9.17) is 9.72 Å². The number of carbonyl (C=O) groups excluding carboxylic acids is 1. The highest BCUT2D eigenvalue weighted by Gasteiger charge is 2.24. The van der Waals surface area contributed by atoms with Gasteiger partial charge in [-0.25, -0.2) is 9.97 Å². The summed E-state index contributed by atoms with van der Waals surface area (Å²) in [6.45, 7) is 0. The first-order valence-corrected chi connectivity index (χ1v) is 12.4. The smallest absolute Gasteiger partial charge is 0.244 e. The molecule has 0 aliphatic heterocycles. The van der Waals surface area contributed by atoms with Crippen LogP contribution in [0.15, 0.2) is 101 Å². The number of amides is 1. The number of thiazole rings is 1. The summed E-state index contributed by atoms with van der Waals surface area (Å²) in [7, 11) is 1.64. The summed E-state index contributed by atoms with van der Waals surface area (Å²) in [6, 6.07) is 29.4. The van der Waals surface area contributed by atoms with Gasteiger partial charge in [0.05, 0.1) is 23.3 Å². The maximum absolute atomic E-state index is 13.4. The van der Waals surface area contributed by atoms with E-state index in [0.717, 1.165) is 38.5 Å². The average Bonchev–Trinajstić information content (AvgIpc) is 3.36. The molecule has 5 aromatic rings. The lowest BCUT2D eigenvalue weighted by Gasteiger charge is -2.16. The van der Waals surface area contributed by atoms with E-state index in [9.17, 15) is 4.79 Å². The Bertz CT molecular complexity index is 1420. The number of aromatic nitrogens is 2. The largest absolute Gasteiger partial charge is 0.497 e. The molecule has 0 saturated carbocycles. The molecule has 0 bridgehead atoms. The fraction of sp³-hybridized carbons (Fsp3) is 0.0741. The molecule has 168 valence electrons. The predicted molar refractivity (Wildman–Crippen MR) is 140 cm³/mol. The molecule has 1 unspecified atom stereocenters. The van der Waals surface area contributed by atoms with E-state index < -0.39 is 5.25 Å². The van der Waals surface area contributed by atoms with Gasteiger partial charge in [0.15, 0.2) is 5.13 Å². The lowest BCUT2D eigenvalue weighted by Crippen LogP contribution is -2.19. The topological polar surface area (TPSA) is 64.1 Å². The lowest BCUT2D eigenvalue weighted by atomic mass is 10.1. The van der Waals surface area contributed by atoms with Crippen molar-refractivity contribution >= 4 is 45.0 Å². The summed E-state index contributed by atoms with van der Waals surface area (Å²) in [5.74, 6) is 0.652. The highest BCUT2D eigenvalue weighted by Crippen LogP contribution is 2.36. The highest BCUT2D eigenvalue weighted by atomic mass is 32.2. The molecule has 0 aliphatic carbocycles. The molecular weight excluding hydrogens is 462 g/mol. The number of para-hydroxylation sites is 1. The molecule has 0 aliphatic rings. The monoisotopic (exact) mass is 483 g/mol. The van der Waals surface area contributed by atoms with Gasteiger partial charge in [0.1, 0.15) is 11.0 Å². The zero-order chi connectivity index (χ0) is 23.3. The Morgan fingerprint density at radius 3 is 2.47 bits per heavy atom. The van der Waals surface area contributed by atoms with Crippen molar-refractivity contribution in [2.75, 3.05) is 12.4 Å². The molecule has 5 rings (SSSR count). The van der Waals surface area contributed by atoms with Gasteiger partial charge >= 0.3 is 0 Å².